The van der Waals surface area contributed by atoms with E-state index in [1.165, 1.54) is 43.7 Å². The van der Waals surface area contributed by atoms with Crippen LogP contribution in [0, 0.1) is 0 Å². The fourth-order valence-electron chi connectivity index (χ4n) is 8.24. The fraction of sp³-hybridized carbons (Fsp3) is 0. The van der Waals surface area contributed by atoms with Crippen molar-refractivity contribution in [1.29, 1.82) is 0 Å². The van der Waals surface area contributed by atoms with Crippen molar-refractivity contribution in [2.24, 2.45) is 0 Å². The van der Waals surface area contributed by atoms with Gasteiger partial charge in [-0.15, -0.1) is 0 Å². The van der Waals surface area contributed by atoms with Gasteiger partial charge < -0.3 is 0 Å². The SMILES string of the molecule is [Pb+2].c1ccc([B-](c2ccccc2)(c2ccccc2)c2ccccc2)cc1.c1ccc([B-](c2ccccc2)(c2ccccc2)c2ccccc2)cc1. The molecule has 0 unspecified atom stereocenters. The van der Waals surface area contributed by atoms with Crippen LogP contribution in [-0.4, -0.2) is 39.6 Å². The molecule has 0 atom stereocenters. The average Bonchev–Trinajstić information content (AvgIpc) is 3.22. The third-order valence-electron chi connectivity index (χ3n) is 10.4. The van der Waals surface area contributed by atoms with Gasteiger partial charge in [0.25, 0.3) is 0 Å². The Kier molecular flexibility index (Phi) is 12.0. The summed E-state index contributed by atoms with van der Waals surface area (Å²) < 4.78 is 0. The van der Waals surface area contributed by atoms with Crippen LogP contribution in [0.5, 0.6) is 0 Å². The number of hydrogen-bond acceptors (Lipinski definition) is 0. The maximum atomic E-state index is 2.26. The molecule has 0 amide bonds. The third-order valence-corrected chi connectivity index (χ3v) is 10.4. The second-order valence-corrected chi connectivity index (χ2v) is 13.0. The van der Waals surface area contributed by atoms with Crippen molar-refractivity contribution >= 4 is 83.3 Å². The van der Waals surface area contributed by atoms with Gasteiger partial charge in [-0.3, -0.25) is 0 Å². The zero-order valence-electron chi connectivity index (χ0n) is 28.7. The topological polar surface area (TPSA) is 0 Å². The molecule has 3 heteroatoms. The molecular formula is C48H40B2Pb. The summed E-state index contributed by atoms with van der Waals surface area (Å²) in [5.41, 5.74) is 10.7. The molecule has 8 aromatic carbocycles. The van der Waals surface area contributed by atoms with Gasteiger partial charge in [0.2, 0.25) is 0 Å². The molecule has 0 N–H and O–H groups in total. The molecule has 0 aliphatic carbocycles. The van der Waals surface area contributed by atoms with Crippen LogP contribution in [0.3, 0.4) is 0 Å². The van der Waals surface area contributed by atoms with Gasteiger partial charge in [-0.05, 0) is 0 Å². The Morgan fingerprint density at radius 2 is 0.255 bits per heavy atom. The molecule has 0 aliphatic heterocycles. The molecular weight excluding hydrogens is 805 g/mol. The summed E-state index contributed by atoms with van der Waals surface area (Å²) in [6, 6.07) is 87.1. The van der Waals surface area contributed by atoms with Gasteiger partial charge in [-0.2, -0.15) is 43.7 Å². The van der Waals surface area contributed by atoms with E-state index < -0.39 is 12.3 Å². The molecule has 242 valence electrons. The first-order valence-electron chi connectivity index (χ1n) is 17.6. The van der Waals surface area contributed by atoms with Gasteiger partial charge in [0.1, 0.15) is 12.3 Å². The van der Waals surface area contributed by atoms with Crippen LogP contribution in [0.2, 0.25) is 0 Å². The Balaban J connectivity index is 0.000000172. The molecule has 8 aromatic rings. The Bertz CT molecular complexity index is 1680. The molecule has 0 bridgehead atoms. The summed E-state index contributed by atoms with van der Waals surface area (Å²) in [7, 11) is 0. The van der Waals surface area contributed by atoms with E-state index in [4.69, 9.17) is 0 Å². The summed E-state index contributed by atoms with van der Waals surface area (Å²) in [6.45, 7) is 0. The Labute approximate surface area is 323 Å². The molecule has 0 saturated heterocycles. The third kappa shape index (κ3) is 7.20. The van der Waals surface area contributed by atoms with E-state index in [9.17, 15) is 0 Å². The molecule has 0 nitrogen and oxygen atoms in total. The largest absolute Gasteiger partial charge is 2.00 e. The van der Waals surface area contributed by atoms with Crippen molar-refractivity contribution < 1.29 is 0 Å². The van der Waals surface area contributed by atoms with Gasteiger partial charge in [-0.1, -0.05) is 243 Å². The van der Waals surface area contributed by atoms with Crippen molar-refractivity contribution in [3.05, 3.63) is 243 Å². The van der Waals surface area contributed by atoms with Crippen molar-refractivity contribution in [2.45, 2.75) is 0 Å². The van der Waals surface area contributed by atoms with Crippen LogP contribution in [0.1, 0.15) is 0 Å². The van der Waals surface area contributed by atoms with E-state index >= 15 is 0 Å². The van der Waals surface area contributed by atoms with Crippen molar-refractivity contribution in [2.75, 3.05) is 0 Å². The summed E-state index contributed by atoms with van der Waals surface area (Å²) in [5, 5.41) is 0. The van der Waals surface area contributed by atoms with Gasteiger partial charge in [-0.25, -0.2) is 0 Å². The molecule has 0 spiro atoms. The monoisotopic (exact) mass is 846 g/mol. The predicted molar refractivity (Wildman–Crippen MR) is 226 cm³/mol. The number of hydrogen-bond donors (Lipinski definition) is 0. The zero-order valence-corrected chi connectivity index (χ0v) is 32.6. The van der Waals surface area contributed by atoms with Crippen LogP contribution in [0.25, 0.3) is 0 Å². The molecule has 0 heterocycles. The summed E-state index contributed by atoms with van der Waals surface area (Å²) in [4.78, 5) is 0. The first kappa shape index (κ1) is 35.6. The van der Waals surface area contributed by atoms with E-state index in [1.54, 1.807) is 0 Å². The van der Waals surface area contributed by atoms with E-state index in [-0.39, 0.29) is 27.3 Å². The minimum absolute atomic E-state index is 0. The first-order valence-corrected chi connectivity index (χ1v) is 17.6. The van der Waals surface area contributed by atoms with Gasteiger partial charge in [0, 0.05) is 0 Å². The second-order valence-electron chi connectivity index (χ2n) is 13.0. The Morgan fingerprint density at radius 3 is 0.353 bits per heavy atom. The summed E-state index contributed by atoms with van der Waals surface area (Å²) in [5.74, 6) is 0. The smallest absolute Gasteiger partial charge is 0.195 e. The fourth-order valence-corrected chi connectivity index (χ4v) is 8.24. The van der Waals surface area contributed by atoms with Crippen molar-refractivity contribution in [1.82, 2.24) is 0 Å². The summed E-state index contributed by atoms with van der Waals surface area (Å²) >= 11 is 0. The number of rotatable bonds is 8. The molecule has 51 heavy (non-hydrogen) atoms. The quantitative estimate of drug-likeness (QED) is 0.171. The zero-order chi connectivity index (χ0) is 33.9. The molecule has 0 aliphatic rings. The van der Waals surface area contributed by atoms with Crippen LogP contribution < -0.4 is 43.7 Å². The van der Waals surface area contributed by atoms with E-state index in [1.807, 2.05) is 0 Å². The van der Waals surface area contributed by atoms with Gasteiger partial charge >= 0.3 is 27.3 Å². The van der Waals surface area contributed by atoms with Gasteiger partial charge in [0.05, 0.1) is 0 Å². The molecule has 8 rings (SSSR count). The van der Waals surface area contributed by atoms with Gasteiger partial charge in [0.15, 0.2) is 0 Å². The van der Waals surface area contributed by atoms with Crippen molar-refractivity contribution in [3.8, 4) is 0 Å². The normalized spacial score (nSPS) is 11.0. The Morgan fingerprint density at radius 1 is 0.157 bits per heavy atom. The van der Waals surface area contributed by atoms with Crippen LogP contribution in [0.15, 0.2) is 243 Å². The van der Waals surface area contributed by atoms with E-state index in [0.29, 0.717) is 0 Å². The minimum atomic E-state index is -1.22. The molecule has 2 radical (unpaired) electrons. The van der Waals surface area contributed by atoms with Crippen LogP contribution in [-0.2, 0) is 0 Å². The predicted octanol–water partition coefficient (Wildman–Crippen LogP) is 5.75. The average molecular weight is 846 g/mol. The maximum Gasteiger partial charge on any atom is 2.00 e. The van der Waals surface area contributed by atoms with Crippen molar-refractivity contribution in [3.63, 3.8) is 0 Å². The van der Waals surface area contributed by atoms with E-state index in [0.717, 1.165) is 0 Å². The first-order chi connectivity index (χ1) is 24.8. The molecule has 0 aromatic heterocycles. The number of benzene rings is 8. The minimum Gasteiger partial charge on any atom is -0.195 e. The Hall–Kier alpha value is -5.19. The van der Waals surface area contributed by atoms with E-state index in [2.05, 4.69) is 243 Å². The molecule has 0 saturated carbocycles. The molecule has 0 fully saturated rings. The van der Waals surface area contributed by atoms with Crippen LogP contribution in [0.4, 0.5) is 0 Å². The van der Waals surface area contributed by atoms with Crippen LogP contribution >= 0.6 is 0 Å². The summed E-state index contributed by atoms with van der Waals surface area (Å²) in [6.07, 6.45) is -2.43. The second kappa shape index (κ2) is 17.2. The standard InChI is InChI=1S/2C24H20B.Pb/c2*1-5-13-21(14-6-1)25(22-15-7-2-8-16-22,23-17-9-3-10-18-23)24-19-11-4-12-20-24;/h2*1-20H;/q2*-1;+2. The maximum absolute atomic E-state index is 2.26.